The van der Waals surface area contributed by atoms with E-state index in [2.05, 4.69) is 0 Å². The van der Waals surface area contributed by atoms with Crippen LogP contribution in [0.3, 0.4) is 0 Å². The predicted octanol–water partition coefficient (Wildman–Crippen LogP) is 1.43. The van der Waals surface area contributed by atoms with Crippen LogP contribution in [-0.4, -0.2) is 33.2 Å². The summed E-state index contributed by atoms with van der Waals surface area (Å²) in [5.41, 5.74) is -1.66. The molecule has 0 fully saturated rings. The molecule has 0 amide bonds. The molecule has 0 saturated carbocycles. The summed E-state index contributed by atoms with van der Waals surface area (Å²) in [6, 6.07) is 1.64. The van der Waals surface area contributed by atoms with Gasteiger partial charge < -0.3 is 15.3 Å². The fourth-order valence-corrected chi connectivity index (χ4v) is 1.42. The molecular formula is C9H5ClO6. The van der Waals surface area contributed by atoms with E-state index >= 15 is 0 Å². The Morgan fingerprint density at radius 1 is 0.938 bits per heavy atom. The summed E-state index contributed by atoms with van der Waals surface area (Å²) in [6.07, 6.45) is 0. The highest BCUT2D eigenvalue weighted by Gasteiger charge is 2.22. The maximum absolute atomic E-state index is 10.7. The van der Waals surface area contributed by atoms with Crippen LogP contribution in [0.5, 0.6) is 0 Å². The maximum atomic E-state index is 10.7. The monoisotopic (exact) mass is 244 g/mol. The molecule has 3 N–H and O–H groups in total. The van der Waals surface area contributed by atoms with Crippen molar-refractivity contribution in [1.29, 1.82) is 0 Å². The minimum absolute atomic E-state index is 0.382. The second kappa shape index (κ2) is 4.19. The third-order valence-corrected chi connectivity index (χ3v) is 2.08. The highest BCUT2D eigenvalue weighted by molar-refractivity contribution is 6.34. The van der Waals surface area contributed by atoms with Gasteiger partial charge >= 0.3 is 17.9 Å². The van der Waals surface area contributed by atoms with Crippen LogP contribution < -0.4 is 0 Å². The summed E-state index contributed by atoms with van der Waals surface area (Å²) >= 11 is 5.51. The number of hydrogen-bond donors (Lipinski definition) is 3. The lowest BCUT2D eigenvalue weighted by molar-refractivity contribution is 0.0649. The van der Waals surface area contributed by atoms with Gasteiger partial charge in [-0.15, -0.1) is 0 Å². The molecule has 7 heteroatoms. The van der Waals surface area contributed by atoms with Crippen molar-refractivity contribution < 1.29 is 29.7 Å². The van der Waals surface area contributed by atoms with E-state index < -0.39 is 34.1 Å². The second-order valence-electron chi connectivity index (χ2n) is 2.80. The van der Waals surface area contributed by atoms with Crippen LogP contribution in [0, 0.1) is 0 Å². The number of aromatic carboxylic acids is 3. The molecule has 0 atom stereocenters. The molecule has 0 spiro atoms. The van der Waals surface area contributed by atoms with Gasteiger partial charge in [-0.25, -0.2) is 14.4 Å². The van der Waals surface area contributed by atoms with Gasteiger partial charge in [0, 0.05) is 0 Å². The first-order valence-corrected chi connectivity index (χ1v) is 4.25. The Morgan fingerprint density at radius 2 is 1.50 bits per heavy atom. The molecular weight excluding hydrogens is 240 g/mol. The van der Waals surface area contributed by atoms with Crippen LogP contribution in [0.15, 0.2) is 12.1 Å². The third kappa shape index (κ3) is 2.12. The van der Waals surface area contributed by atoms with Gasteiger partial charge in [-0.2, -0.15) is 0 Å². The van der Waals surface area contributed by atoms with Gasteiger partial charge in [0.25, 0.3) is 0 Å². The Balaban J connectivity index is 3.58. The van der Waals surface area contributed by atoms with Crippen molar-refractivity contribution in [3.05, 3.63) is 33.8 Å². The Hall–Kier alpha value is -2.08. The SMILES string of the molecule is O=C(O)c1cc(Cl)c(C(=O)O)c(C(=O)O)c1. The van der Waals surface area contributed by atoms with Crippen LogP contribution in [0.4, 0.5) is 0 Å². The van der Waals surface area contributed by atoms with Gasteiger partial charge in [0.1, 0.15) is 0 Å². The molecule has 0 aliphatic heterocycles. The number of carbonyl (C=O) groups is 3. The highest BCUT2D eigenvalue weighted by atomic mass is 35.5. The van der Waals surface area contributed by atoms with Crippen molar-refractivity contribution >= 4 is 29.5 Å². The van der Waals surface area contributed by atoms with Gasteiger partial charge in [0.05, 0.1) is 21.7 Å². The average molecular weight is 245 g/mol. The first-order chi connectivity index (χ1) is 7.34. The number of benzene rings is 1. The summed E-state index contributed by atoms with van der Waals surface area (Å²) in [7, 11) is 0. The predicted molar refractivity (Wildman–Crippen MR) is 52.3 cm³/mol. The number of halogens is 1. The molecule has 1 aromatic rings. The Morgan fingerprint density at radius 3 is 1.88 bits per heavy atom. The largest absolute Gasteiger partial charge is 0.478 e. The molecule has 0 heterocycles. The average Bonchev–Trinajstić information content (AvgIpc) is 2.15. The summed E-state index contributed by atoms with van der Waals surface area (Å²) in [6.45, 7) is 0. The quantitative estimate of drug-likeness (QED) is 0.742. The summed E-state index contributed by atoms with van der Waals surface area (Å²) < 4.78 is 0. The number of carboxylic acids is 3. The standard InChI is InChI=1S/C9H5ClO6/c10-5-2-3(7(11)12)1-4(8(13)14)6(5)9(15)16/h1-2H,(H,11,12)(H,13,14)(H,15,16). The van der Waals surface area contributed by atoms with Crippen LogP contribution in [0.1, 0.15) is 31.1 Å². The lowest BCUT2D eigenvalue weighted by atomic mass is 10.0. The maximum Gasteiger partial charge on any atom is 0.338 e. The van der Waals surface area contributed by atoms with Crippen LogP contribution in [0.25, 0.3) is 0 Å². The summed E-state index contributed by atoms with van der Waals surface area (Å²) in [5.74, 6) is -4.47. The zero-order valence-electron chi connectivity index (χ0n) is 7.60. The zero-order chi connectivity index (χ0) is 12.5. The van der Waals surface area contributed by atoms with Crippen molar-refractivity contribution in [3.8, 4) is 0 Å². The smallest absolute Gasteiger partial charge is 0.338 e. The minimum atomic E-state index is -1.55. The lowest BCUT2D eigenvalue weighted by Crippen LogP contribution is -2.11. The Kier molecular flexibility index (Phi) is 3.14. The molecule has 0 bridgehead atoms. The molecule has 0 aliphatic carbocycles. The normalized spacial score (nSPS) is 9.81. The molecule has 6 nitrogen and oxygen atoms in total. The molecule has 1 aromatic carbocycles. The van der Waals surface area contributed by atoms with Gasteiger partial charge in [-0.05, 0) is 12.1 Å². The fourth-order valence-electron chi connectivity index (χ4n) is 1.12. The Bertz CT molecular complexity index is 493. The molecule has 0 aromatic heterocycles. The second-order valence-corrected chi connectivity index (χ2v) is 3.20. The van der Waals surface area contributed by atoms with Crippen LogP contribution in [0.2, 0.25) is 5.02 Å². The zero-order valence-corrected chi connectivity index (χ0v) is 8.35. The molecule has 0 aliphatic rings. The molecule has 0 saturated heterocycles. The van der Waals surface area contributed by atoms with Crippen molar-refractivity contribution in [1.82, 2.24) is 0 Å². The van der Waals surface area contributed by atoms with Gasteiger partial charge in [0.2, 0.25) is 0 Å². The van der Waals surface area contributed by atoms with Crippen molar-refractivity contribution in [2.24, 2.45) is 0 Å². The van der Waals surface area contributed by atoms with Gasteiger partial charge in [0.15, 0.2) is 0 Å². The fraction of sp³-hybridized carbons (Fsp3) is 0. The molecule has 1 rings (SSSR count). The number of rotatable bonds is 3. The van der Waals surface area contributed by atoms with E-state index in [1.807, 2.05) is 0 Å². The van der Waals surface area contributed by atoms with Gasteiger partial charge in [-0.3, -0.25) is 0 Å². The molecule has 84 valence electrons. The van der Waals surface area contributed by atoms with Crippen LogP contribution in [-0.2, 0) is 0 Å². The first-order valence-electron chi connectivity index (χ1n) is 3.88. The van der Waals surface area contributed by atoms with E-state index in [1.165, 1.54) is 0 Å². The van der Waals surface area contributed by atoms with Crippen molar-refractivity contribution in [2.45, 2.75) is 0 Å². The molecule has 0 unspecified atom stereocenters. The minimum Gasteiger partial charge on any atom is -0.478 e. The molecule has 0 radical (unpaired) electrons. The van der Waals surface area contributed by atoms with E-state index in [4.69, 9.17) is 26.9 Å². The van der Waals surface area contributed by atoms with E-state index in [0.717, 1.165) is 12.1 Å². The Labute approximate surface area is 93.7 Å². The summed E-state index contributed by atoms with van der Waals surface area (Å²) in [5, 5.41) is 25.7. The third-order valence-electron chi connectivity index (χ3n) is 1.78. The highest BCUT2D eigenvalue weighted by Crippen LogP contribution is 2.23. The van der Waals surface area contributed by atoms with Crippen molar-refractivity contribution in [2.75, 3.05) is 0 Å². The topological polar surface area (TPSA) is 112 Å². The van der Waals surface area contributed by atoms with Crippen molar-refractivity contribution in [3.63, 3.8) is 0 Å². The van der Waals surface area contributed by atoms with Gasteiger partial charge in [-0.1, -0.05) is 11.6 Å². The lowest BCUT2D eigenvalue weighted by Gasteiger charge is -2.05. The van der Waals surface area contributed by atoms with E-state index in [9.17, 15) is 14.4 Å². The number of hydrogen-bond acceptors (Lipinski definition) is 3. The van der Waals surface area contributed by atoms with E-state index in [0.29, 0.717) is 0 Å². The summed E-state index contributed by atoms with van der Waals surface area (Å²) in [4.78, 5) is 32.1. The molecule has 16 heavy (non-hydrogen) atoms. The van der Waals surface area contributed by atoms with Crippen LogP contribution >= 0.6 is 11.6 Å². The number of carboxylic acid groups (broad SMARTS) is 3. The van der Waals surface area contributed by atoms with E-state index in [-0.39, 0.29) is 5.56 Å². The first kappa shape index (κ1) is 12.0. The van der Waals surface area contributed by atoms with E-state index in [1.54, 1.807) is 0 Å².